The lowest BCUT2D eigenvalue weighted by Gasteiger charge is -2.15. The van der Waals surface area contributed by atoms with E-state index in [9.17, 15) is 4.79 Å². The molecule has 166 valence electrons. The molecule has 0 aliphatic carbocycles. The lowest BCUT2D eigenvalue weighted by Crippen LogP contribution is -2.33. The largest absolute Gasteiger partial charge is 0.488 e. The minimum absolute atomic E-state index is 0.367. The summed E-state index contributed by atoms with van der Waals surface area (Å²) in [5.74, 6) is 0.874. The third-order valence-corrected chi connectivity index (χ3v) is 5.77. The van der Waals surface area contributed by atoms with E-state index < -0.39 is 6.10 Å². The lowest BCUT2D eigenvalue weighted by atomic mass is 10.1. The topological polar surface area (TPSA) is 59.9 Å². The Morgan fingerprint density at radius 2 is 1.81 bits per heavy atom. The molecule has 0 spiro atoms. The number of hydrogen-bond acceptors (Lipinski definition) is 4. The van der Waals surface area contributed by atoms with Crippen molar-refractivity contribution in [3.63, 3.8) is 0 Å². The average Bonchev–Trinajstić information content (AvgIpc) is 2.77. The van der Waals surface area contributed by atoms with Crippen LogP contribution in [0.25, 0.3) is 0 Å². The number of hydrazone groups is 1. The zero-order valence-electron chi connectivity index (χ0n) is 18.1. The zero-order chi connectivity index (χ0) is 23.1. The molecular weight excluding hydrogens is 492 g/mol. The van der Waals surface area contributed by atoms with Gasteiger partial charge in [-0.1, -0.05) is 57.9 Å². The van der Waals surface area contributed by atoms with Crippen molar-refractivity contribution in [1.29, 1.82) is 0 Å². The summed E-state index contributed by atoms with van der Waals surface area (Å²) in [6, 6.07) is 19.1. The second-order valence-corrected chi connectivity index (χ2v) is 8.62. The number of nitrogens with one attached hydrogen (secondary N) is 1. The average molecular weight is 516 g/mol. The number of nitrogens with zero attached hydrogens (tertiary/aromatic N) is 1. The van der Waals surface area contributed by atoms with Crippen LogP contribution in [0.15, 0.2) is 70.2 Å². The van der Waals surface area contributed by atoms with E-state index in [0.29, 0.717) is 23.1 Å². The Bertz CT molecular complexity index is 1100. The number of ether oxygens (including phenoxy) is 2. The molecule has 5 nitrogen and oxygen atoms in total. The zero-order valence-corrected chi connectivity index (χ0v) is 20.4. The molecule has 32 heavy (non-hydrogen) atoms. The normalized spacial score (nSPS) is 11.9. The van der Waals surface area contributed by atoms with Gasteiger partial charge < -0.3 is 9.47 Å². The fourth-order valence-electron chi connectivity index (χ4n) is 2.98. The van der Waals surface area contributed by atoms with Crippen LogP contribution in [-0.4, -0.2) is 18.2 Å². The van der Waals surface area contributed by atoms with Gasteiger partial charge in [0.2, 0.25) is 0 Å². The van der Waals surface area contributed by atoms with Crippen molar-refractivity contribution in [3.05, 3.63) is 92.4 Å². The molecule has 0 heterocycles. The van der Waals surface area contributed by atoms with Gasteiger partial charge in [-0.25, -0.2) is 5.43 Å². The molecule has 1 N–H and O–H groups in total. The maximum atomic E-state index is 12.4. The van der Waals surface area contributed by atoms with Crippen LogP contribution in [0.2, 0.25) is 5.02 Å². The molecule has 1 unspecified atom stereocenters. The van der Waals surface area contributed by atoms with Gasteiger partial charge >= 0.3 is 0 Å². The van der Waals surface area contributed by atoms with Gasteiger partial charge in [0, 0.05) is 15.1 Å². The van der Waals surface area contributed by atoms with E-state index >= 15 is 0 Å². The van der Waals surface area contributed by atoms with Gasteiger partial charge in [-0.15, -0.1) is 0 Å². The Labute approximate surface area is 201 Å². The van der Waals surface area contributed by atoms with E-state index in [1.165, 1.54) is 0 Å². The second-order valence-electron chi connectivity index (χ2n) is 7.32. The van der Waals surface area contributed by atoms with Gasteiger partial charge in [0.25, 0.3) is 5.91 Å². The molecule has 0 radical (unpaired) electrons. The number of carbonyl (C=O) groups excluding carboxylic acids is 1. The van der Waals surface area contributed by atoms with Crippen LogP contribution in [-0.2, 0) is 11.4 Å². The molecule has 0 saturated heterocycles. The van der Waals surface area contributed by atoms with Crippen molar-refractivity contribution in [3.8, 4) is 11.5 Å². The first-order chi connectivity index (χ1) is 15.3. The molecule has 0 bridgehead atoms. The molecule has 3 rings (SSSR count). The summed E-state index contributed by atoms with van der Waals surface area (Å²) in [6.45, 7) is 5.89. The molecule has 1 atom stereocenters. The van der Waals surface area contributed by atoms with Crippen molar-refractivity contribution in [1.82, 2.24) is 5.43 Å². The SMILES string of the molecule is Cc1cc(OC(C)C(=O)N/N=C/c2cc(Br)ccc2OCc2ccccc2)cc(C)c1Cl. The number of hydrogen-bond donors (Lipinski definition) is 1. The van der Waals surface area contributed by atoms with E-state index in [2.05, 4.69) is 26.5 Å². The van der Waals surface area contributed by atoms with Crippen molar-refractivity contribution >= 4 is 39.7 Å². The van der Waals surface area contributed by atoms with Gasteiger partial charge in [-0.2, -0.15) is 5.10 Å². The van der Waals surface area contributed by atoms with Crippen LogP contribution in [0.5, 0.6) is 11.5 Å². The number of rotatable bonds is 8. The minimum atomic E-state index is -0.733. The van der Waals surface area contributed by atoms with Gasteiger partial charge in [0.15, 0.2) is 6.10 Å². The molecule has 0 aliphatic heterocycles. The highest BCUT2D eigenvalue weighted by atomic mass is 79.9. The van der Waals surface area contributed by atoms with Crippen LogP contribution in [0.3, 0.4) is 0 Å². The second kappa shape index (κ2) is 11.2. The Hall–Kier alpha value is -2.83. The number of amides is 1. The highest BCUT2D eigenvalue weighted by Gasteiger charge is 2.15. The summed E-state index contributed by atoms with van der Waals surface area (Å²) >= 11 is 9.65. The van der Waals surface area contributed by atoms with Crippen LogP contribution < -0.4 is 14.9 Å². The van der Waals surface area contributed by atoms with Crippen molar-refractivity contribution in [2.24, 2.45) is 5.10 Å². The smallest absolute Gasteiger partial charge is 0.280 e. The standard InChI is InChI=1S/C25H24BrClN2O3/c1-16-11-22(12-17(2)24(16)27)32-18(3)25(30)29-28-14-20-13-21(26)9-10-23(20)31-15-19-7-5-4-6-8-19/h4-14,18H,15H2,1-3H3,(H,29,30)/b28-14+. The summed E-state index contributed by atoms with van der Waals surface area (Å²) in [5, 5.41) is 4.78. The first-order valence-electron chi connectivity index (χ1n) is 10.1. The predicted octanol–water partition coefficient (Wildman–Crippen LogP) is 6.22. The number of halogens is 2. The lowest BCUT2D eigenvalue weighted by molar-refractivity contribution is -0.127. The molecule has 1 amide bonds. The maximum absolute atomic E-state index is 12.4. The van der Waals surface area contributed by atoms with Gasteiger partial charge in [-0.3, -0.25) is 4.79 Å². The summed E-state index contributed by atoms with van der Waals surface area (Å²) in [5.41, 5.74) is 6.10. The first kappa shape index (κ1) is 23.8. The molecule has 7 heteroatoms. The molecule has 0 saturated carbocycles. The highest BCUT2D eigenvalue weighted by molar-refractivity contribution is 9.10. The molecule has 0 fully saturated rings. The van der Waals surface area contributed by atoms with Crippen molar-refractivity contribution in [2.75, 3.05) is 0 Å². The van der Waals surface area contributed by atoms with Gasteiger partial charge in [0.1, 0.15) is 18.1 Å². The molecule has 0 aliphatic rings. The highest BCUT2D eigenvalue weighted by Crippen LogP contribution is 2.26. The third-order valence-electron chi connectivity index (χ3n) is 4.68. The molecule has 3 aromatic rings. The minimum Gasteiger partial charge on any atom is -0.488 e. The summed E-state index contributed by atoms with van der Waals surface area (Å²) in [6.07, 6.45) is 0.815. The van der Waals surface area contributed by atoms with E-state index in [0.717, 1.165) is 26.7 Å². The number of benzene rings is 3. The van der Waals surface area contributed by atoms with Crippen molar-refractivity contribution < 1.29 is 14.3 Å². The fraction of sp³-hybridized carbons (Fsp3) is 0.200. The number of carbonyl (C=O) groups is 1. The van der Waals surface area contributed by atoms with Crippen molar-refractivity contribution in [2.45, 2.75) is 33.5 Å². The van der Waals surface area contributed by atoms with Gasteiger partial charge in [-0.05, 0) is 67.8 Å². The van der Waals surface area contributed by atoms with E-state index in [1.807, 2.05) is 62.4 Å². The fourth-order valence-corrected chi connectivity index (χ4v) is 3.46. The number of aryl methyl sites for hydroxylation is 2. The third kappa shape index (κ3) is 6.58. The van der Waals surface area contributed by atoms with Gasteiger partial charge in [0.05, 0.1) is 6.21 Å². The Kier molecular flexibility index (Phi) is 8.31. The van der Waals surface area contributed by atoms with Crippen LogP contribution in [0, 0.1) is 13.8 Å². The Balaban J connectivity index is 1.62. The van der Waals surface area contributed by atoms with Crippen LogP contribution in [0.4, 0.5) is 0 Å². The van der Waals surface area contributed by atoms with E-state index in [4.69, 9.17) is 21.1 Å². The summed E-state index contributed by atoms with van der Waals surface area (Å²) < 4.78 is 12.6. The molecule has 0 aromatic heterocycles. The Morgan fingerprint density at radius 3 is 2.50 bits per heavy atom. The summed E-state index contributed by atoms with van der Waals surface area (Å²) in [7, 11) is 0. The predicted molar refractivity (Wildman–Crippen MR) is 132 cm³/mol. The van der Waals surface area contributed by atoms with E-state index in [1.54, 1.807) is 25.3 Å². The van der Waals surface area contributed by atoms with Crippen LogP contribution in [0.1, 0.15) is 29.2 Å². The molecule has 3 aromatic carbocycles. The van der Waals surface area contributed by atoms with Crippen LogP contribution >= 0.6 is 27.5 Å². The summed E-state index contributed by atoms with van der Waals surface area (Å²) in [4.78, 5) is 12.4. The monoisotopic (exact) mass is 514 g/mol. The maximum Gasteiger partial charge on any atom is 0.280 e. The molecular formula is C25H24BrClN2O3. The first-order valence-corrected chi connectivity index (χ1v) is 11.2. The Morgan fingerprint density at radius 1 is 1.12 bits per heavy atom. The quantitative estimate of drug-likeness (QED) is 0.286. The van der Waals surface area contributed by atoms with E-state index in [-0.39, 0.29) is 5.91 Å².